The van der Waals surface area contributed by atoms with Gasteiger partial charge in [-0.25, -0.2) is 0 Å². The number of anilines is 1. The van der Waals surface area contributed by atoms with Crippen LogP contribution in [0.2, 0.25) is 0 Å². The lowest BCUT2D eigenvalue weighted by atomic mass is 10.0. The zero-order valence-corrected chi connectivity index (χ0v) is 11.4. The van der Waals surface area contributed by atoms with E-state index in [-0.39, 0.29) is 0 Å². The highest BCUT2D eigenvalue weighted by molar-refractivity contribution is 5.61. The average molecular weight is 258 g/mol. The van der Waals surface area contributed by atoms with Crippen molar-refractivity contribution in [3.8, 4) is 5.75 Å². The third-order valence-electron chi connectivity index (χ3n) is 3.98. The second-order valence-corrected chi connectivity index (χ2v) is 5.38. The summed E-state index contributed by atoms with van der Waals surface area (Å²) < 4.78 is 5.73. The van der Waals surface area contributed by atoms with Crippen LogP contribution in [0.25, 0.3) is 0 Å². The second-order valence-electron chi connectivity index (χ2n) is 5.38. The molecular formula is C16H22N2O. The molecule has 0 bridgehead atoms. The Bertz CT molecular complexity index is 452. The van der Waals surface area contributed by atoms with Crippen LogP contribution < -0.4 is 15.0 Å². The fourth-order valence-electron chi connectivity index (χ4n) is 3.01. The topological polar surface area (TPSA) is 24.5 Å². The van der Waals surface area contributed by atoms with Gasteiger partial charge in [0.25, 0.3) is 0 Å². The van der Waals surface area contributed by atoms with Crippen molar-refractivity contribution >= 4 is 5.69 Å². The maximum atomic E-state index is 5.73. The number of ether oxygens (including phenoxy) is 1. The van der Waals surface area contributed by atoms with Crippen LogP contribution in [0.15, 0.2) is 30.9 Å². The molecule has 1 aromatic rings. The van der Waals surface area contributed by atoms with Crippen LogP contribution >= 0.6 is 0 Å². The summed E-state index contributed by atoms with van der Waals surface area (Å²) in [6, 6.07) is 7.26. The Kier molecular flexibility index (Phi) is 3.74. The van der Waals surface area contributed by atoms with Gasteiger partial charge in [-0.3, -0.25) is 0 Å². The minimum atomic E-state index is 0.649. The quantitative estimate of drug-likeness (QED) is 0.839. The van der Waals surface area contributed by atoms with Crippen LogP contribution in [0.1, 0.15) is 18.4 Å². The molecule has 1 atom stereocenters. The highest BCUT2D eigenvalue weighted by Gasteiger charge is 2.19. The maximum Gasteiger partial charge on any atom is 0.142 e. The van der Waals surface area contributed by atoms with E-state index < -0.39 is 0 Å². The molecule has 0 amide bonds. The smallest absolute Gasteiger partial charge is 0.142 e. The SMILES string of the molecule is C=CCN1CCOc2ccc(CC3CCCN3)cc21. The predicted octanol–water partition coefficient (Wildman–Crippen LogP) is 2.37. The first-order chi connectivity index (χ1) is 9.36. The van der Waals surface area contributed by atoms with E-state index in [9.17, 15) is 0 Å². The number of fused-ring (bicyclic) bond motifs is 1. The molecule has 1 N–H and O–H groups in total. The van der Waals surface area contributed by atoms with Crippen molar-refractivity contribution in [3.63, 3.8) is 0 Å². The average Bonchev–Trinajstić information content (AvgIpc) is 2.93. The monoisotopic (exact) mass is 258 g/mol. The van der Waals surface area contributed by atoms with Gasteiger partial charge in [-0.2, -0.15) is 0 Å². The van der Waals surface area contributed by atoms with E-state index >= 15 is 0 Å². The predicted molar refractivity (Wildman–Crippen MR) is 79.1 cm³/mol. The third kappa shape index (κ3) is 2.76. The van der Waals surface area contributed by atoms with Crippen molar-refractivity contribution in [1.29, 1.82) is 0 Å². The molecule has 0 saturated carbocycles. The minimum Gasteiger partial charge on any atom is -0.490 e. The Morgan fingerprint density at radius 2 is 2.42 bits per heavy atom. The molecule has 0 spiro atoms. The summed E-state index contributed by atoms with van der Waals surface area (Å²) in [7, 11) is 0. The van der Waals surface area contributed by atoms with Crippen LogP contribution in [0.3, 0.4) is 0 Å². The summed E-state index contributed by atoms with van der Waals surface area (Å²) >= 11 is 0. The van der Waals surface area contributed by atoms with Crippen molar-refractivity contribution in [1.82, 2.24) is 5.32 Å². The van der Waals surface area contributed by atoms with E-state index in [1.165, 1.54) is 30.6 Å². The largest absolute Gasteiger partial charge is 0.490 e. The highest BCUT2D eigenvalue weighted by Crippen LogP contribution is 2.33. The van der Waals surface area contributed by atoms with E-state index in [1.807, 2.05) is 6.08 Å². The molecule has 1 unspecified atom stereocenters. The molecule has 1 aromatic carbocycles. The van der Waals surface area contributed by atoms with Gasteiger partial charge in [-0.05, 0) is 43.5 Å². The van der Waals surface area contributed by atoms with Gasteiger partial charge in [0.15, 0.2) is 0 Å². The number of benzene rings is 1. The minimum absolute atomic E-state index is 0.649. The first-order valence-corrected chi connectivity index (χ1v) is 7.22. The van der Waals surface area contributed by atoms with Gasteiger partial charge in [0, 0.05) is 12.6 Å². The molecule has 0 radical (unpaired) electrons. The first kappa shape index (κ1) is 12.5. The van der Waals surface area contributed by atoms with Gasteiger partial charge in [0.05, 0.1) is 12.2 Å². The molecule has 2 heterocycles. The molecule has 0 aliphatic carbocycles. The first-order valence-electron chi connectivity index (χ1n) is 7.22. The lowest BCUT2D eigenvalue weighted by Gasteiger charge is -2.31. The number of nitrogens with zero attached hydrogens (tertiary/aromatic N) is 1. The molecule has 2 aliphatic heterocycles. The van der Waals surface area contributed by atoms with Crippen molar-refractivity contribution in [2.75, 3.05) is 31.1 Å². The van der Waals surface area contributed by atoms with E-state index in [4.69, 9.17) is 4.74 Å². The van der Waals surface area contributed by atoms with Gasteiger partial charge in [-0.15, -0.1) is 6.58 Å². The number of rotatable bonds is 4. The molecular weight excluding hydrogens is 236 g/mol. The van der Waals surface area contributed by atoms with Crippen molar-refractivity contribution in [2.45, 2.75) is 25.3 Å². The van der Waals surface area contributed by atoms with Gasteiger partial charge in [0.1, 0.15) is 12.4 Å². The Labute approximate surface area is 115 Å². The normalized spacial score (nSPS) is 21.9. The van der Waals surface area contributed by atoms with Crippen molar-refractivity contribution in [2.24, 2.45) is 0 Å². The third-order valence-corrected chi connectivity index (χ3v) is 3.98. The summed E-state index contributed by atoms with van der Waals surface area (Å²) in [5, 5.41) is 3.56. The summed E-state index contributed by atoms with van der Waals surface area (Å²) in [4.78, 5) is 2.34. The van der Waals surface area contributed by atoms with E-state index in [2.05, 4.69) is 35.0 Å². The fourth-order valence-corrected chi connectivity index (χ4v) is 3.01. The van der Waals surface area contributed by atoms with Crippen molar-refractivity contribution in [3.05, 3.63) is 36.4 Å². The number of hydrogen-bond acceptors (Lipinski definition) is 3. The van der Waals surface area contributed by atoms with Crippen LogP contribution in [0.4, 0.5) is 5.69 Å². The summed E-state index contributed by atoms with van der Waals surface area (Å²) in [5.74, 6) is 1.01. The molecule has 3 heteroatoms. The Morgan fingerprint density at radius 1 is 1.47 bits per heavy atom. The Morgan fingerprint density at radius 3 is 3.21 bits per heavy atom. The van der Waals surface area contributed by atoms with E-state index in [1.54, 1.807) is 0 Å². The fraction of sp³-hybridized carbons (Fsp3) is 0.500. The summed E-state index contributed by atoms with van der Waals surface area (Å²) in [5.41, 5.74) is 2.62. The van der Waals surface area contributed by atoms with Crippen LogP contribution in [-0.2, 0) is 6.42 Å². The van der Waals surface area contributed by atoms with Crippen molar-refractivity contribution < 1.29 is 4.74 Å². The molecule has 1 saturated heterocycles. The Balaban J connectivity index is 1.79. The van der Waals surface area contributed by atoms with E-state index in [0.717, 1.165) is 31.9 Å². The van der Waals surface area contributed by atoms with Gasteiger partial charge >= 0.3 is 0 Å². The molecule has 1 fully saturated rings. The molecule has 3 rings (SSSR count). The molecule has 19 heavy (non-hydrogen) atoms. The lowest BCUT2D eigenvalue weighted by Crippen LogP contribution is -2.33. The van der Waals surface area contributed by atoms with Gasteiger partial charge < -0.3 is 15.0 Å². The maximum absolute atomic E-state index is 5.73. The summed E-state index contributed by atoms with van der Waals surface area (Å²) in [6.45, 7) is 7.62. The van der Waals surface area contributed by atoms with Crippen LogP contribution in [0, 0.1) is 0 Å². The highest BCUT2D eigenvalue weighted by atomic mass is 16.5. The summed E-state index contributed by atoms with van der Waals surface area (Å²) in [6.07, 6.45) is 5.68. The van der Waals surface area contributed by atoms with E-state index in [0.29, 0.717) is 6.04 Å². The van der Waals surface area contributed by atoms with Gasteiger partial charge in [-0.1, -0.05) is 12.1 Å². The van der Waals surface area contributed by atoms with Crippen LogP contribution in [0.5, 0.6) is 5.75 Å². The lowest BCUT2D eigenvalue weighted by molar-refractivity contribution is 0.309. The van der Waals surface area contributed by atoms with Crippen LogP contribution in [-0.4, -0.2) is 32.3 Å². The number of hydrogen-bond donors (Lipinski definition) is 1. The molecule has 3 nitrogen and oxygen atoms in total. The molecule has 2 aliphatic rings. The second kappa shape index (κ2) is 5.66. The zero-order chi connectivity index (χ0) is 13.1. The molecule has 0 aromatic heterocycles. The molecule has 102 valence electrons. The number of nitrogens with one attached hydrogen (secondary N) is 1. The standard InChI is InChI=1S/C16H22N2O/c1-2-8-18-9-10-19-16-6-5-13(12-15(16)18)11-14-4-3-7-17-14/h2,5-6,12,14,17H,1,3-4,7-11H2. The van der Waals surface area contributed by atoms with Gasteiger partial charge in [0.2, 0.25) is 0 Å². The Hall–Kier alpha value is -1.48. The zero-order valence-electron chi connectivity index (χ0n) is 11.4.